The summed E-state index contributed by atoms with van der Waals surface area (Å²) < 4.78 is 0. The largest absolute Gasteiger partial charge is 0.480 e. The van der Waals surface area contributed by atoms with Gasteiger partial charge in [-0.3, -0.25) is 14.7 Å². The minimum Gasteiger partial charge on any atom is -0.480 e. The zero-order valence-electron chi connectivity index (χ0n) is 9.97. The number of nitrogens with zero attached hydrogens (tertiary/aromatic N) is 2. The van der Waals surface area contributed by atoms with Crippen LogP contribution in [0.5, 0.6) is 0 Å². The molecule has 1 heterocycles. The number of rotatable bonds is 5. The normalized spacial score (nSPS) is 12.8. The molecule has 0 bridgehead atoms. The van der Waals surface area contributed by atoms with Gasteiger partial charge in [0.25, 0.3) is 0 Å². The van der Waals surface area contributed by atoms with Crippen LogP contribution >= 0.6 is 0 Å². The van der Waals surface area contributed by atoms with E-state index in [9.17, 15) is 4.79 Å². The number of aryl methyl sites for hydroxylation is 1. The highest BCUT2D eigenvalue weighted by Gasteiger charge is 2.20. The lowest BCUT2D eigenvalue weighted by molar-refractivity contribution is -0.143. The second-order valence-electron chi connectivity index (χ2n) is 4.00. The van der Waals surface area contributed by atoms with Crippen LogP contribution in [0.4, 0.5) is 0 Å². The Balaban J connectivity index is 2.66. The minimum atomic E-state index is -0.780. The van der Waals surface area contributed by atoms with Gasteiger partial charge in [-0.2, -0.15) is 0 Å². The Morgan fingerprint density at radius 1 is 1.56 bits per heavy atom. The van der Waals surface area contributed by atoms with Crippen molar-refractivity contribution in [3.8, 4) is 0 Å². The molecule has 1 aromatic heterocycles. The molecule has 0 fully saturated rings. The number of pyridine rings is 1. The van der Waals surface area contributed by atoms with Crippen molar-refractivity contribution in [1.82, 2.24) is 9.88 Å². The summed E-state index contributed by atoms with van der Waals surface area (Å²) in [5.74, 6) is -0.780. The van der Waals surface area contributed by atoms with Crippen LogP contribution in [0.15, 0.2) is 18.3 Å². The highest BCUT2D eigenvalue weighted by atomic mass is 16.4. The molecule has 0 saturated heterocycles. The second kappa shape index (κ2) is 5.61. The molecule has 0 aromatic carbocycles. The lowest BCUT2D eigenvalue weighted by atomic mass is 10.2. The van der Waals surface area contributed by atoms with Crippen LogP contribution < -0.4 is 0 Å². The molecule has 0 aliphatic rings. The van der Waals surface area contributed by atoms with Crippen molar-refractivity contribution in [2.75, 3.05) is 7.05 Å². The monoisotopic (exact) mass is 222 g/mol. The van der Waals surface area contributed by atoms with Gasteiger partial charge in [-0.05, 0) is 32.0 Å². The minimum absolute atomic E-state index is 0.442. The molecular weight excluding hydrogens is 204 g/mol. The van der Waals surface area contributed by atoms with E-state index in [2.05, 4.69) is 4.98 Å². The zero-order chi connectivity index (χ0) is 12.1. The highest BCUT2D eigenvalue weighted by molar-refractivity contribution is 5.73. The van der Waals surface area contributed by atoms with Crippen molar-refractivity contribution in [1.29, 1.82) is 0 Å². The lowest BCUT2D eigenvalue weighted by Gasteiger charge is -2.22. The van der Waals surface area contributed by atoms with E-state index >= 15 is 0 Å². The van der Waals surface area contributed by atoms with Crippen LogP contribution in [-0.2, 0) is 11.3 Å². The summed E-state index contributed by atoms with van der Waals surface area (Å²) in [5, 5.41) is 9.00. The lowest BCUT2D eigenvalue weighted by Crippen LogP contribution is -2.37. The first-order valence-electron chi connectivity index (χ1n) is 5.39. The predicted octanol–water partition coefficient (Wildman–Crippen LogP) is 1.69. The third kappa shape index (κ3) is 3.31. The van der Waals surface area contributed by atoms with Crippen LogP contribution in [0.1, 0.15) is 24.6 Å². The Labute approximate surface area is 95.9 Å². The molecule has 0 radical (unpaired) electrons. The van der Waals surface area contributed by atoms with Gasteiger partial charge in [-0.15, -0.1) is 0 Å². The molecule has 0 aliphatic carbocycles. The number of aliphatic carboxylic acids is 1. The Morgan fingerprint density at radius 3 is 2.69 bits per heavy atom. The summed E-state index contributed by atoms with van der Waals surface area (Å²) in [6.45, 7) is 4.41. The first kappa shape index (κ1) is 12.6. The number of carboxylic acids is 1. The summed E-state index contributed by atoms with van der Waals surface area (Å²) in [6, 6.07) is 3.47. The molecule has 1 rings (SSSR count). The number of hydrogen-bond acceptors (Lipinski definition) is 3. The molecular formula is C12H18N2O2. The molecule has 88 valence electrons. The second-order valence-corrected chi connectivity index (χ2v) is 4.00. The van der Waals surface area contributed by atoms with Crippen LogP contribution in [0, 0.1) is 6.92 Å². The summed E-state index contributed by atoms with van der Waals surface area (Å²) in [6.07, 6.45) is 2.39. The van der Waals surface area contributed by atoms with Crippen LogP contribution in [-0.4, -0.2) is 34.0 Å². The number of likely N-dealkylation sites (N-methyl/N-ethyl adjacent to an activating group) is 1. The highest BCUT2D eigenvalue weighted by Crippen LogP contribution is 2.07. The zero-order valence-corrected chi connectivity index (χ0v) is 9.97. The third-order valence-corrected chi connectivity index (χ3v) is 2.59. The maximum absolute atomic E-state index is 11.0. The van der Waals surface area contributed by atoms with Crippen LogP contribution in [0.2, 0.25) is 0 Å². The molecule has 0 amide bonds. The molecule has 1 aromatic rings. The first-order valence-corrected chi connectivity index (χ1v) is 5.39. The van der Waals surface area contributed by atoms with Crippen molar-refractivity contribution < 1.29 is 9.90 Å². The maximum atomic E-state index is 11.0. The molecule has 0 aliphatic heterocycles. The van der Waals surface area contributed by atoms with E-state index in [0.717, 1.165) is 11.3 Å². The van der Waals surface area contributed by atoms with Crippen molar-refractivity contribution in [3.63, 3.8) is 0 Å². The molecule has 16 heavy (non-hydrogen) atoms. The number of carbonyl (C=O) groups is 1. The Morgan fingerprint density at radius 2 is 2.25 bits per heavy atom. The summed E-state index contributed by atoms with van der Waals surface area (Å²) in [4.78, 5) is 17.0. The summed E-state index contributed by atoms with van der Waals surface area (Å²) in [5.41, 5.74) is 2.00. The van der Waals surface area contributed by atoms with Gasteiger partial charge in [0.2, 0.25) is 0 Å². The van der Waals surface area contributed by atoms with Gasteiger partial charge < -0.3 is 5.11 Å². The van der Waals surface area contributed by atoms with E-state index in [4.69, 9.17) is 5.11 Å². The van der Waals surface area contributed by atoms with Gasteiger partial charge in [0, 0.05) is 12.7 Å². The van der Waals surface area contributed by atoms with Gasteiger partial charge in [0.05, 0.1) is 5.69 Å². The van der Waals surface area contributed by atoms with Crippen molar-refractivity contribution in [3.05, 3.63) is 29.6 Å². The number of aromatic nitrogens is 1. The van der Waals surface area contributed by atoms with E-state index in [-0.39, 0.29) is 0 Å². The molecule has 1 atom stereocenters. The smallest absolute Gasteiger partial charge is 0.320 e. The molecule has 4 nitrogen and oxygen atoms in total. The van der Waals surface area contributed by atoms with E-state index in [0.29, 0.717) is 13.0 Å². The molecule has 1 unspecified atom stereocenters. The van der Waals surface area contributed by atoms with E-state index in [1.165, 1.54) is 0 Å². The summed E-state index contributed by atoms with van der Waals surface area (Å²) in [7, 11) is 1.81. The van der Waals surface area contributed by atoms with Gasteiger partial charge in [-0.1, -0.05) is 13.0 Å². The third-order valence-electron chi connectivity index (χ3n) is 2.59. The fraction of sp³-hybridized carbons (Fsp3) is 0.500. The van der Waals surface area contributed by atoms with E-state index in [1.54, 1.807) is 11.1 Å². The fourth-order valence-corrected chi connectivity index (χ4v) is 1.63. The quantitative estimate of drug-likeness (QED) is 0.823. The summed E-state index contributed by atoms with van der Waals surface area (Å²) >= 11 is 0. The number of carboxylic acid groups (broad SMARTS) is 1. The SMILES string of the molecule is CCC(C(=O)O)N(C)Cc1ccc(C)cn1. The molecule has 1 N–H and O–H groups in total. The standard InChI is InChI=1S/C12H18N2O2/c1-4-11(12(15)16)14(3)8-10-6-5-9(2)7-13-10/h5-7,11H,4,8H2,1-3H3,(H,15,16). The van der Waals surface area contributed by atoms with E-state index in [1.807, 2.05) is 33.0 Å². The molecule has 0 saturated carbocycles. The van der Waals surface area contributed by atoms with Crippen molar-refractivity contribution in [2.45, 2.75) is 32.9 Å². The van der Waals surface area contributed by atoms with Crippen molar-refractivity contribution >= 4 is 5.97 Å². The van der Waals surface area contributed by atoms with Crippen LogP contribution in [0.3, 0.4) is 0 Å². The Hall–Kier alpha value is -1.42. The average molecular weight is 222 g/mol. The topological polar surface area (TPSA) is 53.4 Å². The fourth-order valence-electron chi connectivity index (χ4n) is 1.63. The van der Waals surface area contributed by atoms with E-state index < -0.39 is 12.0 Å². The average Bonchev–Trinajstić information content (AvgIpc) is 2.22. The predicted molar refractivity (Wildman–Crippen MR) is 62.2 cm³/mol. The van der Waals surface area contributed by atoms with Gasteiger partial charge in [0.15, 0.2) is 0 Å². The first-order chi connectivity index (χ1) is 7.54. The van der Waals surface area contributed by atoms with Crippen LogP contribution in [0.25, 0.3) is 0 Å². The Bertz CT molecular complexity index is 349. The molecule has 4 heteroatoms. The maximum Gasteiger partial charge on any atom is 0.320 e. The Kier molecular flexibility index (Phi) is 4.43. The molecule has 0 spiro atoms. The number of hydrogen-bond donors (Lipinski definition) is 1. The van der Waals surface area contributed by atoms with Gasteiger partial charge in [0.1, 0.15) is 6.04 Å². The van der Waals surface area contributed by atoms with Gasteiger partial charge >= 0.3 is 5.97 Å². The van der Waals surface area contributed by atoms with Gasteiger partial charge in [-0.25, -0.2) is 0 Å². The van der Waals surface area contributed by atoms with Crippen molar-refractivity contribution in [2.24, 2.45) is 0 Å².